The first-order valence-corrected chi connectivity index (χ1v) is 11.8. The van der Waals surface area contributed by atoms with E-state index in [2.05, 4.69) is 20.8 Å². The molecule has 3 rings (SSSR count). The van der Waals surface area contributed by atoms with Crippen LogP contribution in [0, 0.1) is 0 Å². The molecule has 0 radical (unpaired) electrons. The quantitative estimate of drug-likeness (QED) is 0.343. The second-order valence-electron chi connectivity index (χ2n) is 9.93. The van der Waals surface area contributed by atoms with Crippen LogP contribution in [-0.2, 0) is 15.0 Å². The average Bonchev–Trinajstić information content (AvgIpc) is 3.06. The van der Waals surface area contributed by atoms with E-state index in [4.69, 9.17) is 9.47 Å². The maximum atomic E-state index is 13.3. The Morgan fingerprint density at radius 3 is 2.37 bits per heavy atom. The van der Waals surface area contributed by atoms with Gasteiger partial charge in [-0.1, -0.05) is 39.0 Å². The number of benzene rings is 2. The Morgan fingerprint density at radius 1 is 1.09 bits per heavy atom. The van der Waals surface area contributed by atoms with Crippen LogP contribution in [0.3, 0.4) is 0 Å². The van der Waals surface area contributed by atoms with Crippen molar-refractivity contribution < 1.29 is 24.2 Å². The fourth-order valence-corrected chi connectivity index (χ4v) is 4.33. The van der Waals surface area contributed by atoms with E-state index in [0.717, 1.165) is 11.3 Å². The Labute approximate surface area is 207 Å². The highest BCUT2D eigenvalue weighted by molar-refractivity contribution is 6.46. The third kappa shape index (κ3) is 5.35. The number of nitrogens with zero attached hydrogens (tertiary/aromatic N) is 2. The van der Waals surface area contributed by atoms with Gasteiger partial charge in [-0.2, -0.15) is 0 Å². The molecule has 1 amide bonds. The molecule has 0 spiro atoms. The highest BCUT2D eigenvalue weighted by atomic mass is 16.5. The number of aliphatic hydroxyl groups excluding tert-OH is 1. The summed E-state index contributed by atoms with van der Waals surface area (Å²) in [5.74, 6) is -0.277. The van der Waals surface area contributed by atoms with Gasteiger partial charge in [-0.05, 0) is 50.7 Å². The van der Waals surface area contributed by atoms with Crippen LogP contribution in [0.4, 0.5) is 0 Å². The highest BCUT2D eigenvalue weighted by Crippen LogP contribution is 2.43. The summed E-state index contributed by atoms with van der Waals surface area (Å²) >= 11 is 0. The molecule has 0 aliphatic carbocycles. The maximum Gasteiger partial charge on any atom is 0.295 e. The molecule has 1 saturated heterocycles. The molecule has 2 aromatic carbocycles. The van der Waals surface area contributed by atoms with Gasteiger partial charge >= 0.3 is 0 Å². The number of ketones is 1. The van der Waals surface area contributed by atoms with Crippen LogP contribution in [0.2, 0.25) is 0 Å². The average molecular weight is 481 g/mol. The molecule has 1 aliphatic heterocycles. The molecule has 1 unspecified atom stereocenters. The molecule has 1 N–H and O–H groups in total. The minimum absolute atomic E-state index is 0.0577. The Balaban J connectivity index is 2.23. The van der Waals surface area contributed by atoms with E-state index in [-0.39, 0.29) is 16.7 Å². The Kier molecular flexibility index (Phi) is 7.90. The number of likely N-dealkylation sites (tertiary alicyclic amines) is 1. The summed E-state index contributed by atoms with van der Waals surface area (Å²) in [6.45, 7) is 9.50. The van der Waals surface area contributed by atoms with Crippen molar-refractivity contribution in [3.05, 3.63) is 64.7 Å². The minimum atomic E-state index is -0.768. The molecule has 0 aromatic heterocycles. The number of amides is 1. The van der Waals surface area contributed by atoms with E-state index in [1.165, 1.54) is 4.90 Å². The zero-order valence-corrected chi connectivity index (χ0v) is 21.7. The monoisotopic (exact) mass is 480 g/mol. The fraction of sp³-hybridized carbons (Fsp3) is 0.429. The molecule has 7 nitrogen and oxygen atoms in total. The largest absolute Gasteiger partial charge is 0.507 e. The van der Waals surface area contributed by atoms with Crippen molar-refractivity contribution in [2.24, 2.45) is 0 Å². The Morgan fingerprint density at radius 2 is 1.77 bits per heavy atom. The molecule has 1 atom stereocenters. The lowest BCUT2D eigenvalue weighted by atomic mass is 9.84. The molecular weight excluding hydrogens is 444 g/mol. The predicted molar refractivity (Wildman–Crippen MR) is 137 cm³/mol. The standard InChI is InChI=1S/C28H36N2O5/c1-8-35-22-14-13-18(17-20(22)28(2,3)4)25(31)23-24(19-11-9-10-12-21(19)34-7)30(16-15-29(5)6)27(33)26(23)32/h9-14,17,24,31H,8,15-16H2,1-7H3/b25-23+. The van der Waals surface area contributed by atoms with Gasteiger partial charge in [0, 0.05) is 29.8 Å². The summed E-state index contributed by atoms with van der Waals surface area (Å²) in [5, 5.41) is 11.5. The number of carbonyl (C=O) groups is 2. The molecular formula is C28H36N2O5. The lowest BCUT2D eigenvalue weighted by Gasteiger charge is -2.28. The summed E-state index contributed by atoms with van der Waals surface area (Å²) in [4.78, 5) is 30.0. The number of Topliss-reactive ketones (excluding diaryl/α,β-unsaturated/α-hetero) is 1. The van der Waals surface area contributed by atoms with E-state index >= 15 is 0 Å². The Hall–Kier alpha value is -3.32. The van der Waals surface area contributed by atoms with Gasteiger partial charge in [0.05, 0.1) is 25.3 Å². The van der Waals surface area contributed by atoms with Crippen LogP contribution in [0.1, 0.15) is 50.4 Å². The van der Waals surface area contributed by atoms with Gasteiger partial charge < -0.3 is 24.4 Å². The van der Waals surface area contributed by atoms with Crippen LogP contribution < -0.4 is 9.47 Å². The normalized spacial score (nSPS) is 17.8. The molecule has 7 heteroatoms. The van der Waals surface area contributed by atoms with Crippen LogP contribution in [0.15, 0.2) is 48.0 Å². The summed E-state index contributed by atoms with van der Waals surface area (Å²) in [5.41, 5.74) is 1.81. The van der Waals surface area contributed by atoms with Gasteiger partial charge in [-0.25, -0.2) is 0 Å². The zero-order valence-electron chi connectivity index (χ0n) is 21.7. The third-order valence-corrected chi connectivity index (χ3v) is 6.12. The number of hydrogen-bond donors (Lipinski definition) is 1. The number of ether oxygens (including phenoxy) is 2. The van der Waals surface area contributed by atoms with E-state index < -0.39 is 17.7 Å². The third-order valence-electron chi connectivity index (χ3n) is 6.12. The van der Waals surface area contributed by atoms with Gasteiger partial charge in [0.15, 0.2) is 0 Å². The number of carbonyl (C=O) groups excluding carboxylic acids is 2. The molecule has 2 aromatic rings. The number of methoxy groups -OCH3 is 1. The molecule has 0 bridgehead atoms. The first-order chi connectivity index (χ1) is 16.5. The van der Waals surface area contributed by atoms with E-state index in [0.29, 0.717) is 36.6 Å². The second-order valence-corrected chi connectivity index (χ2v) is 9.93. The molecule has 188 valence electrons. The van der Waals surface area contributed by atoms with Crippen molar-refractivity contribution in [3.8, 4) is 11.5 Å². The van der Waals surface area contributed by atoms with Gasteiger partial charge in [-0.15, -0.1) is 0 Å². The smallest absolute Gasteiger partial charge is 0.295 e. The molecule has 0 saturated carbocycles. The van der Waals surface area contributed by atoms with Crippen molar-refractivity contribution in [1.82, 2.24) is 9.80 Å². The van der Waals surface area contributed by atoms with Crippen LogP contribution >= 0.6 is 0 Å². The topological polar surface area (TPSA) is 79.3 Å². The van der Waals surface area contributed by atoms with Gasteiger partial charge in [0.25, 0.3) is 11.7 Å². The molecule has 1 heterocycles. The molecule has 35 heavy (non-hydrogen) atoms. The number of aliphatic hydroxyl groups is 1. The Bertz CT molecular complexity index is 1130. The van der Waals surface area contributed by atoms with Crippen LogP contribution in [0.5, 0.6) is 11.5 Å². The highest BCUT2D eigenvalue weighted by Gasteiger charge is 2.47. The van der Waals surface area contributed by atoms with Crippen molar-refractivity contribution in [2.75, 3.05) is 40.9 Å². The number of hydrogen-bond acceptors (Lipinski definition) is 6. The first kappa shape index (κ1) is 26.3. The SMILES string of the molecule is CCOc1ccc(/C(O)=C2\C(=O)C(=O)N(CCN(C)C)C2c2ccccc2OC)cc1C(C)(C)C. The van der Waals surface area contributed by atoms with Crippen molar-refractivity contribution in [1.29, 1.82) is 0 Å². The number of rotatable bonds is 8. The van der Waals surface area contributed by atoms with E-state index in [1.807, 2.05) is 50.2 Å². The van der Waals surface area contributed by atoms with Crippen molar-refractivity contribution in [2.45, 2.75) is 39.2 Å². The van der Waals surface area contributed by atoms with Gasteiger partial charge in [-0.3, -0.25) is 9.59 Å². The summed E-state index contributed by atoms with van der Waals surface area (Å²) in [7, 11) is 5.36. The van der Waals surface area contributed by atoms with Crippen LogP contribution in [0.25, 0.3) is 5.76 Å². The second kappa shape index (κ2) is 10.5. The van der Waals surface area contributed by atoms with E-state index in [9.17, 15) is 14.7 Å². The summed E-state index contributed by atoms with van der Waals surface area (Å²) < 4.78 is 11.4. The van der Waals surface area contributed by atoms with Gasteiger partial charge in [0.2, 0.25) is 0 Å². The first-order valence-electron chi connectivity index (χ1n) is 11.8. The minimum Gasteiger partial charge on any atom is -0.507 e. The van der Waals surface area contributed by atoms with Crippen molar-refractivity contribution in [3.63, 3.8) is 0 Å². The zero-order chi connectivity index (χ0) is 25.9. The summed E-state index contributed by atoms with van der Waals surface area (Å²) in [6.07, 6.45) is 0. The molecule has 1 fully saturated rings. The lowest BCUT2D eigenvalue weighted by Crippen LogP contribution is -2.35. The number of para-hydroxylation sites is 1. The maximum absolute atomic E-state index is 13.3. The predicted octanol–water partition coefficient (Wildman–Crippen LogP) is 4.37. The van der Waals surface area contributed by atoms with Crippen molar-refractivity contribution >= 4 is 17.4 Å². The van der Waals surface area contributed by atoms with Gasteiger partial charge in [0.1, 0.15) is 17.3 Å². The molecule has 1 aliphatic rings. The number of likely N-dealkylation sites (N-methyl/N-ethyl adjacent to an activating group) is 1. The van der Waals surface area contributed by atoms with Crippen LogP contribution in [-0.4, -0.2) is 67.5 Å². The lowest BCUT2D eigenvalue weighted by molar-refractivity contribution is -0.140. The van der Waals surface area contributed by atoms with E-state index in [1.54, 1.807) is 25.3 Å². The fourth-order valence-electron chi connectivity index (χ4n) is 4.33. The summed E-state index contributed by atoms with van der Waals surface area (Å²) in [6, 6.07) is 11.9.